The highest BCUT2D eigenvalue weighted by Gasteiger charge is 2.33. The van der Waals surface area contributed by atoms with E-state index < -0.39 is 29.9 Å². The van der Waals surface area contributed by atoms with E-state index in [1.807, 2.05) is 6.92 Å². The molecule has 0 radical (unpaired) electrons. The number of rotatable bonds is 7. The number of hydrogen-bond donors (Lipinski definition) is 3. The molecule has 1 heterocycles. The molecule has 1 saturated heterocycles. The first kappa shape index (κ1) is 19.1. The molecule has 24 heavy (non-hydrogen) atoms. The number of unbranched alkanes of at least 4 members (excludes halogenated alkanes) is 1. The van der Waals surface area contributed by atoms with E-state index in [1.54, 1.807) is 4.90 Å². The number of ether oxygens (including phenoxy) is 1. The Hall–Kier alpha value is -1.28. The van der Waals surface area contributed by atoms with Crippen LogP contribution in [0.2, 0.25) is 0 Å². The summed E-state index contributed by atoms with van der Waals surface area (Å²) in [4.78, 5) is 1.67. The second-order valence-electron chi connectivity index (χ2n) is 6.20. The van der Waals surface area contributed by atoms with E-state index in [-0.39, 0.29) is 37.4 Å². The van der Waals surface area contributed by atoms with Crippen molar-refractivity contribution >= 4 is 0 Å². The molecule has 1 fully saturated rings. The first-order chi connectivity index (χ1) is 11.4. The molecule has 2 atom stereocenters. The van der Waals surface area contributed by atoms with Crippen molar-refractivity contribution in [3.05, 3.63) is 29.3 Å². The van der Waals surface area contributed by atoms with Crippen LogP contribution in [0.1, 0.15) is 25.3 Å². The first-order valence-electron chi connectivity index (χ1n) is 8.29. The van der Waals surface area contributed by atoms with E-state index >= 15 is 0 Å². The number of β-amino-alcohol motifs (C(OH)–C–C–N with tert-alkyl or cyclic N) is 2. The average molecular weight is 345 g/mol. The van der Waals surface area contributed by atoms with Crippen LogP contribution in [0.4, 0.5) is 8.78 Å². The third-order valence-corrected chi connectivity index (χ3v) is 4.24. The SMILES string of the molecule is CCCCOc1cc(F)c(CCN2CC(O)C(O)C(O)C2)c(F)c1. The van der Waals surface area contributed by atoms with Crippen LogP contribution >= 0.6 is 0 Å². The molecule has 1 aliphatic heterocycles. The molecular weight excluding hydrogens is 320 g/mol. The molecule has 1 aliphatic rings. The van der Waals surface area contributed by atoms with Crippen LogP contribution in [0.5, 0.6) is 5.75 Å². The van der Waals surface area contributed by atoms with E-state index in [4.69, 9.17) is 4.74 Å². The van der Waals surface area contributed by atoms with E-state index in [1.165, 1.54) is 12.1 Å². The Bertz CT molecular complexity index is 508. The summed E-state index contributed by atoms with van der Waals surface area (Å²) in [6, 6.07) is 2.36. The van der Waals surface area contributed by atoms with E-state index in [2.05, 4.69) is 0 Å². The van der Waals surface area contributed by atoms with Crippen molar-refractivity contribution in [1.82, 2.24) is 4.90 Å². The zero-order valence-corrected chi connectivity index (χ0v) is 13.8. The summed E-state index contributed by atoms with van der Waals surface area (Å²) >= 11 is 0. The maximum atomic E-state index is 14.1. The molecule has 1 aromatic rings. The summed E-state index contributed by atoms with van der Waals surface area (Å²) in [5, 5.41) is 28.8. The molecule has 0 bridgehead atoms. The van der Waals surface area contributed by atoms with Crippen molar-refractivity contribution in [2.75, 3.05) is 26.2 Å². The van der Waals surface area contributed by atoms with Crippen molar-refractivity contribution in [3.8, 4) is 5.75 Å². The van der Waals surface area contributed by atoms with Gasteiger partial charge in [0, 0.05) is 37.3 Å². The molecule has 0 aliphatic carbocycles. The molecule has 0 saturated carbocycles. The minimum Gasteiger partial charge on any atom is -0.493 e. The lowest BCUT2D eigenvalue weighted by Gasteiger charge is -2.36. The molecule has 0 spiro atoms. The van der Waals surface area contributed by atoms with Crippen LogP contribution in [0, 0.1) is 11.6 Å². The van der Waals surface area contributed by atoms with Crippen molar-refractivity contribution in [1.29, 1.82) is 0 Å². The Morgan fingerprint density at radius 2 is 1.71 bits per heavy atom. The lowest BCUT2D eigenvalue weighted by molar-refractivity contribution is -0.109. The van der Waals surface area contributed by atoms with Crippen LogP contribution in [-0.2, 0) is 6.42 Å². The van der Waals surface area contributed by atoms with E-state index in [9.17, 15) is 24.1 Å². The van der Waals surface area contributed by atoms with Crippen LogP contribution < -0.4 is 4.74 Å². The van der Waals surface area contributed by atoms with Crippen LogP contribution in [0.3, 0.4) is 0 Å². The number of nitrogens with zero attached hydrogens (tertiary/aromatic N) is 1. The summed E-state index contributed by atoms with van der Waals surface area (Å²) in [5.41, 5.74) is -0.0482. The Kier molecular flexibility index (Phi) is 6.91. The zero-order valence-electron chi connectivity index (χ0n) is 13.8. The van der Waals surface area contributed by atoms with Crippen molar-refractivity contribution in [2.24, 2.45) is 0 Å². The predicted octanol–water partition coefficient (Wildman–Crippen LogP) is 1.08. The van der Waals surface area contributed by atoms with E-state index in [0.29, 0.717) is 6.61 Å². The Labute approximate surface area is 140 Å². The monoisotopic (exact) mass is 345 g/mol. The molecule has 2 unspecified atom stereocenters. The van der Waals surface area contributed by atoms with Gasteiger partial charge in [-0.2, -0.15) is 0 Å². The summed E-state index contributed by atoms with van der Waals surface area (Å²) in [6.45, 7) is 2.99. The highest BCUT2D eigenvalue weighted by Crippen LogP contribution is 2.22. The molecule has 7 heteroatoms. The average Bonchev–Trinajstić information content (AvgIpc) is 2.52. The highest BCUT2D eigenvalue weighted by molar-refractivity contribution is 5.30. The number of likely N-dealkylation sites (tertiary alicyclic amines) is 1. The van der Waals surface area contributed by atoms with Crippen LogP contribution in [0.15, 0.2) is 12.1 Å². The largest absolute Gasteiger partial charge is 0.493 e. The number of aliphatic hydroxyl groups excluding tert-OH is 3. The fraction of sp³-hybridized carbons (Fsp3) is 0.647. The fourth-order valence-corrected chi connectivity index (χ4v) is 2.76. The van der Waals surface area contributed by atoms with Gasteiger partial charge in [0.25, 0.3) is 0 Å². The van der Waals surface area contributed by atoms with Gasteiger partial charge < -0.3 is 20.1 Å². The first-order valence-corrected chi connectivity index (χ1v) is 8.29. The van der Waals surface area contributed by atoms with Gasteiger partial charge in [-0.15, -0.1) is 0 Å². The van der Waals surface area contributed by atoms with Gasteiger partial charge in [0.1, 0.15) is 23.5 Å². The van der Waals surface area contributed by atoms with Gasteiger partial charge in [0.2, 0.25) is 0 Å². The molecule has 1 aromatic carbocycles. The minimum absolute atomic E-state index is 0.0482. The highest BCUT2D eigenvalue weighted by atomic mass is 19.1. The Morgan fingerprint density at radius 3 is 2.25 bits per heavy atom. The van der Waals surface area contributed by atoms with Crippen molar-refractivity contribution in [3.63, 3.8) is 0 Å². The second kappa shape index (κ2) is 8.71. The maximum absolute atomic E-state index is 14.1. The third-order valence-electron chi connectivity index (χ3n) is 4.24. The van der Waals surface area contributed by atoms with Gasteiger partial charge in [0.15, 0.2) is 0 Å². The topological polar surface area (TPSA) is 73.2 Å². The Balaban J connectivity index is 1.95. The molecule has 5 nitrogen and oxygen atoms in total. The van der Waals surface area contributed by atoms with Gasteiger partial charge >= 0.3 is 0 Å². The maximum Gasteiger partial charge on any atom is 0.133 e. The van der Waals surface area contributed by atoms with Crippen molar-refractivity contribution < 1.29 is 28.8 Å². The van der Waals surface area contributed by atoms with Gasteiger partial charge in [-0.3, -0.25) is 4.90 Å². The number of hydrogen-bond acceptors (Lipinski definition) is 5. The summed E-state index contributed by atoms with van der Waals surface area (Å²) in [7, 11) is 0. The fourth-order valence-electron chi connectivity index (χ4n) is 2.76. The predicted molar refractivity (Wildman–Crippen MR) is 84.9 cm³/mol. The normalized spacial score (nSPS) is 25.0. The van der Waals surface area contributed by atoms with Gasteiger partial charge in [0.05, 0.1) is 18.8 Å². The second-order valence-corrected chi connectivity index (χ2v) is 6.20. The minimum atomic E-state index is -1.19. The Morgan fingerprint density at radius 1 is 1.12 bits per heavy atom. The van der Waals surface area contributed by atoms with E-state index in [0.717, 1.165) is 12.8 Å². The van der Waals surface area contributed by atoms with Crippen LogP contribution in [0.25, 0.3) is 0 Å². The smallest absolute Gasteiger partial charge is 0.133 e. The van der Waals surface area contributed by atoms with Crippen molar-refractivity contribution in [2.45, 2.75) is 44.5 Å². The van der Waals surface area contributed by atoms with Gasteiger partial charge in [-0.1, -0.05) is 13.3 Å². The third kappa shape index (κ3) is 4.86. The lowest BCUT2D eigenvalue weighted by atomic mass is 10.0. The van der Waals surface area contributed by atoms with Crippen LogP contribution in [-0.4, -0.2) is 64.8 Å². The zero-order chi connectivity index (χ0) is 17.7. The molecular formula is C17H25F2NO4. The standard InChI is InChI=1S/C17H25F2NO4/c1-2-3-6-24-11-7-13(18)12(14(19)8-11)4-5-20-9-15(21)17(23)16(22)10-20/h7-8,15-17,21-23H,2-6,9-10H2,1H3. The number of halogens is 2. The molecule has 3 N–H and O–H groups in total. The lowest BCUT2D eigenvalue weighted by Crippen LogP contribution is -2.55. The number of benzene rings is 1. The number of aliphatic hydroxyl groups is 3. The molecule has 0 amide bonds. The van der Waals surface area contributed by atoms with Gasteiger partial charge in [-0.05, 0) is 12.8 Å². The summed E-state index contributed by atoms with van der Waals surface area (Å²) < 4.78 is 33.5. The summed E-state index contributed by atoms with van der Waals surface area (Å²) in [5.74, 6) is -1.16. The molecule has 2 rings (SSSR count). The number of piperidine rings is 1. The summed E-state index contributed by atoms with van der Waals surface area (Å²) in [6.07, 6.45) is -1.48. The quantitative estimate of drug-likeness (QED) is 0.645. The molecule has 0 aromatic heterocycles. The molecule has 136 valence electrons. The van der Waals surface area contributed by atoms with Gasteiger partial charge in [-0.25, -0.2) is 8.78 Å².